The first-order chi connectivity index (χ1) is 22.9. The number of aromatic nitrogens is 8. The lowest BCUT2D eigenvalue weighted by molar-refractivity contribution is -0.148. The number of carbonyl (C=O) groups is 2. The number of ether oxygens (including phenoxy) is 3. The van der Waals surface area contributed by atoms with Gasteiger partial charge in [-0.05, 0) is 20.3 Å². The van der Waals surface area contributed by atoms with Crippen molar-refractivity contribution < 1.29 is 47.8 Å². The Bertz CT molecular complexity index is 1960. The zero-order chi connectivity index (χ0) is 36.5. The van der Waals surface area contributed by atoms with Crippen LogP contribution < -0.4 is 5.73 Å². The van der Waals surface area contributed by atoms with Gasteiger partial charge in [-0.2, -0.15) is 9.97 Å². The van der Waals surface area contributed by atoms with E-state index in [-0.39, 0.29) is 30.9 Å². The minimum atomic E-state index is -4.89. The van der Waals surface area contributed by atoms with Crippen LogP contribution in [0.15, 0.2) is 37.0 Å². The fourth-order valence-electron chi connectivity index (χ4n) is 3.92. The van der Waals surface area contributed by atoms with Crippen LogP contribution in [-0.4, -0.2) is 111 Å². The number of allylic oxidation sites excluding steroid dienone is 2. The van der Waals surface area contributed by atoms with E-state index in [0.29, 0.717) is 39.9 Å². The molecule has 0 aliphatic carbocycles. The average Bonchev–Trinajstić information content (AvgIpc) is 3.59. The van der Waals surface area contributed by atoms with Gasteiger partial charge in [-0.1, -0.05) is 47.5 Å². The van der Waals surface area contributed by atoms with Gasteiger partial charge in [0.1, 0.15) is 24.0 Å². The molecule has 0 aromatic carbocycles. The molecule has 0 spiro atoms. The summed E-state index contributed by atoms with van der Waals surface area (Å²) in [6.07, 6.45) is 9.63. The number of nitrogens with zero attached hydrogens (tertiary/aromatic N) is 8. The standard InChI is InChI=1S/C15H20ClN4O4P.C11H13ClN5O6P/c1-10-18-12(16)11-13(19-10)20(9-17-11)7-5-6-8-24-15(14(21)23-2)25(3,4)22;12-7-6-8(16-11(13)15-7)17(5-14-6)3-1-2-4-23-10(9(18)19)24(20,21)22/h5-6,9,15H,7-8H2,1-4H3;1-2,5,10H,3-4H2,(H,18,19)(H2,13,15,16)(H2,20,21,22)/b6-5-;2-1-. The van der Waals surface area contributed by atoms with Gasteiger partial charge >= 0.3 is 19.5 Å². The van der Waals surface area contributed by atoms with Crippen LogP contribution in [0.4, 0.5) is 5.95 Å². The Morgan fingerprint density at radius 3 is 1.84 bits per heavy atom. The molecule has 0 aliphatic heterocycles. The zero-order valence-corrected chi connectivity index (χ0v) is 29.8. The normalized spacial score (nSPS) is 13.6. The molecular formula is C26H33Cl2N9O10P2. The molecule has 0 bridgehead atoms. The summed E-state index contributed by atoms with van der Waals surface area (Å²) in [5.41, 5.74) is 7.49. The van der Waals surface area contributed by atoms with E-state index in [4.69, 9.17) is 48.6 Å². The molecule has 49 heavy (non-hydrogen) atoms. The van der Waals surface area contributed by atoms with E-state index in [1.165, 1.54) is 32.8 Å². The van der Waals surface area contributed by atoms with Gasteiger partial charge in [0.2, 0.25) is 11.8 Å². The number of hydrogen-bond donors (Lipinski definition) is 4. The van der Waals surface area contributed by atoms with Gasteiger partial charge in [-0.25, -0.2) is 29.5 Å². The van der Waals surface area contributed by atoms with Crippen molar-refractivity contribution in [3.05, 3.63) is 53.1 Å². The van der Waals surface area contributed by atoms with E-state index in [2.05, 4.69) is 39.4 Å². The topological polar surface area (TPSA) is 270 Å². The van der Waals surface area contributed by atoms with E-state index < -0.39 is 38.4 Å². The molecule has 0 saturated heterocycles. The number of hydrogen-bond acceptors (Lipinski definition) is 14. The van der Waals surface area contributed by atoms with E-state index in [1.807, 2.05) is 10.6 Å². The number of fused-ring (bicyclic) bond motifs is 2. The van der Waals surface area contributed by atoms with Gasteiger partial charge in [-0.3, -0.25) is 4.57 Å². The lowest BCUT2D eigenvalue weighted by Crippen LogP contribution is -2.25. The van der Waals surface area contributed by atoms with Gasteiger partial charge < -0.3 is 48.5 Å². The highest BCUT2D eigenvalue weighted by molar-refractivity contribution is 7.63. The highest BCUT2D eigenvalue weighted by atomic mass is 35.5. The van der Waals surface area contributed by atoms with Gasteiger partial charge in [0.05, 0.1) is 33.0 Å². The largest absolute Gasteiger partial charge is 0.479 e. The second-order valence-corrected chi connectivity index (χ2v) is 16.0. The van der Waals surface area contributed by atoms with Gasteiger partial charge in [0.25, 0.3) is 5.85 Å². The SMILES string of the molecule is COC(=O)C(OC/C=C\Cn1cnc2c(Cl)nc(C)nc21)P(C)(C)=O.Nc1nc(Cl)c2ncn(C/C=C\COC(C(=O)O)P(=O)(O)O)c2n1. The molecule has 0 fully saturated rings. The van der Waals surface area contributed by atoms with Crippen molar-refractivity contribution in [2.45, 2.75) is 31.7 Å². The summed E-state index contributed by atoms with van der Waals surface area (Å²) >= 11 is 11.9. The molecule has 0 radical (unpaired) electrons. The van der Waals surface area contributed by atoms with Gasteiger partial charge in [-0.15, -0.1) is 0 Å². The maximum Gasteiger partial charge on any atom is 0.365 e. The number of imidazole rings is 2. The number of halogens is 2. The first-order valence-corrected chi connectivity index (χ1v) is 19.0. The molecule has 266 valence electrons. The van der Waals surface area contributed by atoms with Crippen molar-refractivity contribution in [2.75, 3.05) is 39.4 Å². The van der Waals surface area contributed by atoms with Crippen LogP contribution in [0.25, 0.3) is 22.3 Å². The number of rotatable bonds is 14. The molecule has 23 heteroatoms. The Morgan fingerprint density at radius 2 is 1.37 bits per heavy atom. The maximum absolute atomic E-state index is 12.1. The summed E-state index contributed by atoms with van der Waals surface area (Å²) in [7, 11) is -6.42. The number of anilines is 1. The zero-order valence-electron chi connectivity index (χ0n) is 26.5. The maximum atomic E-state index is 12.1. The van der Waals surface area contributed by atoms with Crippen LogP contribution >= 0.6 is 37.9 Å². The van der Waals surface area contributed by atoms with E-state index in [1.54, 1.807) is 30.0 Å². The average molecular weight is 764 g/mol. The molecule has 19 nitrogen and oxygen atoms in total. The Labute approximate surface area is 288 Å². The number of nitrogen functional groups attached to an aromatic ring is 1. The minimum absolute atomic E-state index is 0.00694. The minimum Gasteiger partial charge on any atom is -0.479 e. The monoisotopic (exact) mass is 763 g/mol. The van der Waals surface area contributed by atoms with Crippen molar-refractivity contribution in [3.8, 4) is 0 Å². The number of carbonyl (C=O) groups excluding carboxylic acids is 1. The Hall–Kier alpha value is -3.80. The molecule has 4 aromatic heterocycles. The molecule has 0 saturated carbocycles. The number of esters is 1. The first kappa shape index (κ1) is 39.6. The molecule has 0 amide bonds. The fraction of sp³-hybridized carbons (Fsp3) is 0.385. The molecule has 4 aromatic rings. The summed E-state index contributed by atoms with van der Waals surface area (Å²) in [4.78, 5) is 64.5. The van der Waals surface area contributed by atoms with E-state index in [0.717, 1.165) is 0 Å². The van der Waals surface area contributed by atoms with Crippen LogP contribution in [0, 0.1) is 6.92 Å². The van der Waals surface area contributed by atoms with E-state index in [9.17, 15) is 18.7 Å². The Morgan fingerprint density at radius 1 is 0.878 bits per heavy atom. The van der Waals surface area contributed by atoms with Crippen LogP contribution in [0.5, 0.6) is 0 Å². The van der Waals surface area contributed by atoms with Crippen molar-refractivity contribution in [1.82, 2.24) is 39.0 Å². The third-order valence-electron chi connectivity index (χ3n) is 6.09. The first-order valence-electron chi connectivity index (χ1n) is 13.9. The predicted octanol–water partition coefficient (Wildman–Crippen LogP) is 2.71. The lowest BCUT2D eigenvalue weighted by atomic mass is 10.4. The number of methoxy groups -OCH3 is 1. The predicted molar refractivity (Wildman–Crippen MR) is 179 cm³/mol. The second kappa shape index (κ2) is 17.2. The van der Waals surface area contributed by atoms with Crippen molar-refractivity contribution in [2.24, 2.45) is 0 Å². The summed E-state index contributed by atoms with van der Waals surface area (Å²) in [5.74, 6) is -5.09. The molecule has 2 atom stereocenters. The van der Waals surface area contributed by atoms with Crippen molar-refractivity contribution >= 4 is 78.2 Å². The van der Waals surface area contributed by atoms with Crippen LogP contribution in [0.2, 0.25) is 10.3 Å². The fourth-order valence-corrected chi connectivity index (χ4v) is 6.03. The van der Waals surface area contributed by atoms with Crippen molar-refractivity contribution in [1.29, 1.82) is 0 Å². The number of nitrogens with two attached hydrogens (primary N) is 1. The smallest absolute Gasteiger partial charge is 0.365 e. The number of aliphatic carboxylic acids is 1. The molecule has 4 rings (SSSR count). The van der Waals surface area contributed by atoms with Crippen LogP contribution in [0.3, 0.4) is 0 Å². The second-order valence-electron chi connectivity index (χ2n) is 10.3. The molecule has 4 heterocycles. The third-order valence-corrected chi connectivity index (χ3v) is 9.09. The highest BCUT2D eigenvalue weighted by Gasteiger charge is 2.36. The van der Waals surface area contributed by atoms with Gasteiger partial charge in [0.15, 0.2) is 21.6 Å². The molecule has 5 N–H and O–H groups in total. The molecule has 2 unspecified atom stereocenters. The number of carboxylic acids is 1. The van der Waals surface area contributed by atoms with Crippen LogP contribution in [-0.2, 0) is 46.0 Å². The summed E-state index contributed by atoms with van der Waals surface area (Å²) in [5, 5.41) is 9.13. The summed E-state index contributed by atoms with van der Waals surface area (Å²) in [6, 6.07) is 0. The molecule has 0 aliphatic rings. The van der Waals surface area contributed by atoms with E-state index >= 15 is 0 Å². The van der Waals surface area contributed by atoms with Crippen molar-refractivity contribution in [3.63, 3.8) is 0 Å². The molecular weight excluding hydrogens is 731 g/mol. The number of aryl methyl sites for hydroxylation is 1. The van der Waals surface area contributed by atoms with Crippen LogP contribution in [0.1, 0.15) is 5.82 Å². The quantitative estimate of drug-likeness (QED) is 0.0622. The number of carboxylic acid groups (broad SMARTS) is 1. The Balaban J connectivity index is 0.000000266. The highest BCUT2D eigenvalue weighted by Crippen LogP contribution is 2.43. The lowest BCUT2D eigenvalue weighted by Gasteiger charge is -2.18. The Kier molecular flexibility index (Phi) is 13.9. The van der Waals surface area contributed by atoms with Gasteiger partial charge in [0, 0.05) is 13.1 Å². The summed E-state index contributed by atoms with van der Waals surface area (Å²) < 4.78 is 41.2. The summed E-state index contributed by atoms with van der Waals surface area (Å²) in [6.45, 7) is 5.33. The third kappa shape index (κ3) is 11.1.